The van der Waals surface area contributed by atoms with E-state index in [4.69, 9.17) is 9.98 Å². The van der Waals surface area contributed by atoms with Gasteiger partial charge >= 0.3 is 0 Å². The maximum absolute atomic E-state index is 4.83. The van der Waals surface area contributed by atoms with Crippen LogP contribution in [0, 0.1) is 0 Å². The van der Waals surface area contributed by atoms with Gasteiger partial charge in [0.25, 0.3) is 0 Å². The summed E-state index contributed by atoms with van der Waals surface area (Å²) in [6.07, 6.45) is 9.50. The number of anilines is 2. The van der Waals surface area contributed by atoms with Crippen LogP contribution in [0.4, 0.5) is 10.8 Å². The summed E-state index contributed by atoms with van der Waals surface area (Å²) < 4.78 is 0. The van der Waals surface area contributed by atoms with Gasteiger partial charge in [0.05, 0.1) is 11.5 Å². The van der Waals surface area contributed by atoms with E-state index < -0.39 is 0 Å². The Hall–Kier alpha value is -1.55. The molecule has 4 heterocycles. The lowest BCUT2D eigenvalue weighted by Gasteiger charge is -2.33. The number of pyridine rings is 1. The zero-order valence-corrected chi connectivity index (χ0v) is 22.3. The van der Waals surface area contributed by atoms with Crippen molar-refractivity contribution in [3.05, 3.63) is 41.4 Å². The summed E-state index contributed by atoms with van der Waals surface area (Å²) in [4.78, 5) is 14.5. The van der Waals surface area contributed by atoms with Crippen molar-refractivity contribution in [2.24, 2.45) is 4.99 Å². The highest BCUT2D eigenvalue weighted by Crippen LogP contribution is 2.24. The zero-order valence-electron chi connectivity index (χ0n) is 19.1. The van der Waals surface area contributed by atoms with Crippen molar-refractivity contribution in [1.29, 1.82) is 0 Å². The van der Waals surface area contributed by atoms with Crippen molar-refractivity contribution in [2.75, 3.05) is 42.5 Å². The number of halogens is 1. The molecule has 2 aliphatic heterocycles. The lowest BCUT2D eigenvalue weighted by Crippen LogP contribution is -2.48. The third-order valence-electron chi connectivity index (χ3n) is 6.16. The molecular formula is C24H37IN6S. The van der Waals surface area contributed by atoms with E-state index in [1.807, 2.05) is 17.5 Å². The van der Waals surface area contributed by atoms with Gasteiger partial charge in [-0.3, -0.25) is 0 Å². The van der Waals surface area contributed by atoms with Crippen LogP contribution in [0.2, 0.25) is 0 Å². The Morgan fingerprint density at radius 1 is 1.06 bits per heavy atom. The molecule has 2 aromatic heterocycles. The standard InChI is InChI=1S/C24H36N6S.HI/c1-2-25-24(28-21-11-15-30(16-12-21)23-8-7-17-31-23)27-19-20-9-10-22(26-18-20)29-13-5-3-4-6-14-29;/h7-10,17-18,21H,2-6,11-16,19H2,1H3,(H2,25,27,28);1H. The van der Waals surface area contributed by atoms with Gasteiger partial charge in [0.2, 0.25) is 0 Å². The van der Waals surface area contributed by atoms with Gasteiger partial charge in [-0.05, 0) is 61.7 Å². The Kier molecular flexibility index (Phi) is 10.4. The fourth-order valence-electron chi connectivity index (χ4n) is 4.37. The first-order valence-corrected chi connectivity index (χ1v) is 12.7. The van der Waals surface area contributed by atoms with Crippen LogP contribution in [-0.2, 0) is 6.54 Å². The molecule has 0 bridgehead atoms. The fraction of sp³-hybridized carbons (Fsp3) is 0.583. The van der Waals surface area contributed by atoms with Crippen LogP contribution in [0.3, 0.4) is 0 Å². The van der Waals surface area contributed by atoms with Gasteiger partial charge in [0.15, 0.2) is 5.96 Å². The molecular weight excluding hydrogens is 531 g/mol. The number of nitrogens with zero attached hydrogens (tertiary/aromatic N) is 4. The summed E-state index contributed by atoms with van der Waals surface area (Å²) in [5.74, 6) is 2.02. The van der Waals surface area contributed by atoms with E-state index in [0.717, 1.165) is 62.9 Å². The molecule has 0 atom stereocenters. The SMILES string of the molecule is CCNC(=NCc1ccc(N2CCCCCC2)nc1)NC1CCN(c2cccs2)CC1.I. The minimum Gasteiger partial charge on any atom is -0.363 e. The average molecular weight is 569 g/mol. The maximum atomic E-state index is 4.83. The molecule has 0 saturated carbocycles. The van der Waals surface area contributed by atoms with Crippen LogP contribution < -0.4 is 20.4 Å². The number of nitrogens with one attached hydrogen (secondary N) is 2. The summed E-state index contributed by atoms with van der Waals surface area (Å²) in [7, 11) is 0. The normalized spacial score (nSPS) is 18.1. The van der Waals surface area contributed by atoms with Gasteiger partial charge < -0.3 is 20.4 Å². The maximum Gasteiger partial charge on any atom is 0.191 e. The van der Waals surface area contributed by atoms with E-state index in [0.29, 0.717) is 12.6 Å². The van der Waals surface area contributed by atoms with Gasteiger partial charge in [-0.15, -0.1) is 35.3 Å². The second-order valence-electron chi connectivity index (χ2n) is 8.48. The third-order valence-corrected chi connectivity index (χ3v) is 7.09. The Morgan fingerprint density at radius 2 is 1.84 bits per heavy atom. The molecule has 2 fully saturated rings. The largest absolute Gasteiger partial charge is 0.363 e. The molecule has 2 saturated heterocycles. The summed E-state index contributed by atoms with van der Waals surface area (Å²) in [6, 6.07) is 9.17. The minimum absolute atomic E-state index is 0. The van der Waals surface area contributed by atoms with E-state index in [1.54, 1.807) is 0 Å². The number of hydrogen-bond donors (Lipinski definition) is 2. The zero-order chi connectivity index (χ0) is 21.3. The molecule has 4 rings (SSSR count). The molecule has 0 spiro atoms. The minimum atomic E-state index is 0. The number of thiophene rings is 1. The Morgan fingerprint density at radius 3 is 2.47 bits per heavy atom. The molecule has 0 amide bonds. The highest BCUT2D eigenvalue weighted by Gasteiger charge is 2.20. The van der Waals surface area contributed by atoms with E-state index >= 15 is 0 Å². The first-order chi connectivity index (χ1) is 15.3. The number of aliphatic imine (C=N–C) groups is 1. The van der Waals surface area contributed by atoms with Crippen molar-refractivity contribution < 1.29 is 0 Å². The molecule has 2 aromatic rings. The lowest BCUT2D eigenvalue weighted by atomic mass is 10.1. The van der Waals surface area contributed by atoms with E-state index in [-0.39, 0.29) is 24.0 Å². The van der Waals surface area contributed by atoms with Gasteiger partial charge in [-0.1, -0.05) is 18.9 Å². The van der Waals surface area contributed by atoms with E-state index in [1.165, 1.54) is 30.7 Å². The van der Waals surface area contributed by atoms with Gasteiger partial charge in [0, 0.05) is 45.0 Å². The quantitative estimate of drug-likeness (QED) is 0.296. The van der Waals surface area contributed by atoms with E-state index in [9.17, 15) is 0 Å². The van der Waals surface area contributed by atoms with Crippen LogP contribution in [-0.4, -0.2) is 49.7 Å². The number of hydrogen-bond acceptors (Lipinski definition) is 5. The molecule has 6 nitrogen and oxygen atoms in total. The lowest BCUT2D eigenvalue weighted by molar-refractivity contribution is 0.463. The molecule has 0 aliphatic carbocycles. The number of rotatable bonds is 6. The number of piperidine rings is 1. The Labute approximate surface area is 213 Å². The van der Waals surface area contributed by atoms with Crippen molar-refractivity contribution >= 4 is 52.1 Å². The molecule has 0 radical (unpaired) electrons. The van der Waals surface area contributed by atoms with Crippen molar-refractivity contribution in [3.8, 4) is 0 Å². The van der Waals surface area contributed by atoms with Gasteiger partial charge in [-0.2, -0.15) is 0 Å². The Balaban J connectivity index is 0.00000289. The third kappa shape index (κ3) is 7.23. The van der Waals surface area contributed by atoms with Gasteiger partial charge in [-0.25, -0.2) is 9.98 Å². The first kappa shape index (κ1) is 25.1. The topological polar surface area (TPSA) is 55.8 Å². The Bertz CT molecular complexity index is 794. The average Bonchev–Trinajstić information content (AvgIpc) is 3.21. The van der Waals surface area contributed by atoms with Gasteiger partial charge in [0.1, 0.15) is 5.82 Å². The monoisotopic (exact) mass is 568 g/mol. The predicted molar refractivity (Wildman–Crippen MR) is 148 cm³/mol. The molecule has 0 aromatic carbocycles. The van der Waals surface area contributed by atoms with Crippen molar-refractivity contribution in [2.45, 2.75) is 58.0 Å². The first-order valence-electron chi connectivity index (χ1n) is 11.8. The molecule has 2 aliphatic rings. The smallest absolute Gasteiger partial charge is 0.191 e. The molecule has 8 heteroatoms. The molecule has 0 unspecified atom stereocenters. The number of guanidine groups is 1. The van der Waals surface area contributed by atoms with Crippen LogP contribution in [0.15, 0.2) is 40.8 Å². The predicted octanol–water partition coefficient (Wildman–Crippen LogP) is 4.87. The molecule has 2 N–H and O–H groups in total. The highest BCUT2D eigenvalue weighted by atomic mass is 127. The van der Waals surface area contributed by atoms with Crippen molar-refractivity contribution in [3.63, 3.8) is 0 Å². The second kappa shape index (κ2) is 13.2. The summed E-state index contributed by atoms with van der Waals surface area (Å²) in [5.41, 5.74) is 1.16. The second-order valence-corrected chi connectivity index (χ2v) is 9.40. The summed E-state index contributed by atoms with van der Waals surface area (Å²) in [6.45, 7) is 8.09. The summed E-state index contributed by atoms with van der Waals surface area (Å²) in [5, 5.41) is 10.6. The van der Waals surface area contributed by atoms with Crippen LogP contribution in [0.1, 0.15) is 51.0 Å². The molecule has 32 heavy (non-hydrogen) atoms. The molecule has 176 valence electrons. The highest BCUT2D eigenvalue weighted by molar-refractivity contribution is 14.0. The van der Waals surface area contributed by atoms with Crippen LogP contribution in [0.25, 0.3) is 0 Å². The fourth-order valence-corrected chi connectivity index (χ4v) is 5.16. The van der Waals surface area contributed by atoms with E-state index in [2.05, 4.69) is 57.0 Å². The van der Waals surface area contributed by atoms with Crippen LogP contribution in [0.5, 0.6) is 0 Å². The van der Waals surface area contributed by atoms with Crippen LogP contribution >= 0.6 is 35.3 Å². The summed E-state index contributed by atoms with van der Waals surface area (Å²) >= 11 is 1.83. The van der Waals surface area contributed by atoms with Crippen molar-refractivity contribution in [1.82, 2.24) is 15.6 Å². The number of aromatic nitrogens is 1.